The fourth-order valence-electron chi connectivity index (χ4n) is 1.02. The minimum Gasteiger partial charge on any atom is -0.506 e. The molecule has 16 heavy (non-hydrogen) atoms. The zero-order valence-corrected chi connectivity index (χ0v) is 10.0. The highest BCUT2D eigenvalue weighted by molar-refractivity contribution is 7.99. The first-order valence-electron chi connectivity index (χ1n) is 4.60. The van der Waals surface area contributed by atoms with Gasteiger partial charge in [0.2, 0.25) is 5.91 Å². The van der Waals surface area contributed by atoms with Crippen LogP contribution in [0.2, 0.25) is 5.02 Å². The van der Waals surface area contributed by atoms with Gasteiger partial charge in [-0.05, 0) is 18.2 Å². The first-order valence-corrected chi connectivity index (χ1v) is 6.13. The maximum absolute atomic E-state index is 11.4. The van der Waals surface area contributed by atoms with Gasteiger partial charge in [-0.15, -0.1) is 11.8 Å². The molecule has 4 nitrogen and oxygen atoms in total. The number of aliphatic hydroxyl groups excluding tert-OH is 1. The van der Waals surface area contributed by atoms with Gasteiger partial charge in [0.1, 0.15) is 5.75 Å². The molecule has 6 heteroatoms. The number of halogens is 1. The second-order valence-corrected chi connectivity index (χ2v) is 4.53. The number of nitrogens with one attached hydrogen (secondary N) is 1. The number of anilines is 1. The van der Waals surface area contributed by atoms with E-state index in [0.29, 0.717) is 16.5 Å². The van der Waals surface area contributed by atoms with E-state index in [1.54, 1.807) is 0 Å². The van der Waals surface area contributed by atoms with Crippen LogP contribution in [0.4, 0.5) is 5.69 Å². The molecule has 0 unspecified atom stereocenters. The van der Waals surface area contributed by atoms with Crippen molar-refractivity contribution in [1.29, 1.82) is 0 Å². The highest BCUT2D eigenvalue weighted by Crippen LogP contribution is 2.26. The summed E-state index contributed by atoms with van der Waals surface area (Å²) in [4.78, 5) is 11.4. The Morgan fingerprint density at radius 2 is 2.25 bits per heavy atom. The number of carbonyl (C=O) groups is 1. The number of phenols is 1. The molecule has 0 atom stereocenters. The average Bonchev–Trinajstić information content (AvgIpc) is 2.24. The number of phenolic OH excluding ortho intramolecular Hbond substituents is 1. The lowest BCUT2D eigenvalue weighted by Gasteiger charge is -2.07. The Morgan fingerprint density at radius 3 is 2.94 bits per heavy atom. The summed E-state index contributed by atoms with van der Waals surface area (Å²) in [5, 5.41) is 20.9. The van der Waals surface area contributed by atoms with Crippen molar-refractivity contribution in [3.63, 3.8) is 0 Å². The average molecular weight is 262 g/mol. The van der Waals surface area contributed by atoms with E-state index in [-0.39, 0.29) is 24.0 Å². The topological polar surface area (TPSA) is 69.6 Å². The van der Waals surface area contributed by atoms with Crippen LogP contribution in [0, 0.1) is 0 Å². The van der Waals surface area contributed by atoms with Crippen LogP contribution in [0.25, 0.3) is 0 Å². The minimum atomic E-state index is -0.240. The third kappa shape index (κ3) is 4.30. The van der Waals surface area contributed by atoms with Crippen LogP contribution >= 0.6 is 23.4 Å². The minimum absolute atomic E-state index is 0.0232. The number of aromatic hydroxyl groups is 1. The second-order valence-electron chi connectivity index (χ2n) is 2.99. The number of amides is 1. The molecule has 0 saturated heterocycles. The molecule has 0 saturated carbocycles. The number of hydrogen-bond acceptors (Lipinski definition) is 4. The lowest BCUT2D eigenvalue weighted by Crippen LogP contribution is -2.14. The summed E-state index contributed by atoms with van der Waals surface area (Å²) in [5.74, 6) is 0.475. The molecule has 1 aromatic carbocycles. The molecule has 0 radical (unpaired) electrons. The molecule has 0 aliphatic rings. The number of carbonyl (C=O) groups excluding carboxylic acids is 1. The Balaban J connectivity index is 2.52. The van der Waals surface area contributed by atoms with Gasteiger partial charge in [0.15, 0.2) is 0 Å². The molecule has 0 aliphatic heterocycles. The van der Waals surface area contributed by atoms with E-state index in [1.165, 1.54) is 30.0 Å². The van der Waals surface area contributed by atoms with E-state index in [4.69, 9.17) is 16.7 Å². The van der Waals surface area contributed by atoms with E-state index in [2.05, 4.69) is 5.32 Å². The number of hydrogen-bond donors (Lipinski definition) is 3. The third-order valence-corrected chi connectivity index (χ3v) is 2.87. The summed E-state index contributed by atoms with van der Waals surface area (Å²) in [6, 6.07) is 4.43. The molecule has 1 aromatic rings. The van der Waals surface area contributed by atoms with Crippen molar-refractivity contribution in [3.05, 3.63) is 23.2 Å². The predicted octanol–water partition coefficient (Wildman–Crippen LogP) is 1.71. The molecule has 0 aromatic heterocycles. The van der Waals surface area contributed by atoms with Crippen molar-refractivity contribution < 1.29 is 15.0 Å². The first kappa shape index (κ1) is 13.2. The second kappa shape index (κ2) is 6.62. The van der Waals surface area contributed by atoms with Crippen molar-refractivity contribution in [2.75, 3.05) is 23.4 Å². The maximum Gasteiger partial charge on any atom is 0.234 e. The predicted molar refractivity (Wildman–Crippen MR) is 66.2 cm³/mol. The van der Waals surface area contributed by atoms with Crippen LogP contribution in [-0.4, -0.2) is 34.2 Å². The Morgan fingerprint density at radius 1 is 1.50 bits per heavy atom. The van der Waals surface area contributed by atoms with Crippen LogP contribution in [0.5, 0.6) is 5.75 Å². The summed E-state index contributed by atoms with van der Waals surface area (Å²) in [6.07, 6.45) is 0. The fourth-order valence-corrected chi connectivity index (χ4v) is 1.73. The molecule has 1 rings (SSSR count). The van der Waals surface area contributed by atoms with Gasteiger partial charge in [-0.25, -0.2) is 0 Å². The highest BCUT2D eigenvalue weighted by Gasteiger charge is 2.06. The van der Waals surface area contributed by atoms with E-state index in [0.717, 1.165) is 0 Å². The largest absolute Gasteiger partial charge is 0.506 e. The molecule has 0 aliphatic carbocycles. The molecule has 0 spiro atoms. The van der Waals surface area contributed by atoms with E-state index >= 15 is 0 Å². The van der Waals surface area contributed by atoms with Crippen LogP contribution < -0.4 is 5.32 Å². The molecule has 0 heterocycles. The van der Waals surface area contributed by atoms with Crippen LogP contribution in [0.15, 0.2) is 18.2 Å². The molecule has 88 valence electrons. The van der Waals surface area contributed by atoms with Gasteiger partial charge in [0.05, 0.1) is 18.0 Å². The molecule has 0 bridgehead atoms. The fraction of sp³-hybridized carbons (Fsp3) is 0.300. The van der Waals surface area contributed by atoms with Gasteiger partial charge >= 0.3 is 0 Å². The van der Waals surface area contributed by atoms with Crippen molar-refractivity contribution >= 4 is 35.0 Å². The number of thioether (sulfide) groups is 1. The zero-order chi connectivity index (χ0) is 12.0. The Labute approximate surface area is 103 Å². The molecule has 0 fully saturated rings. The van der Waals surface area contributed by atoms with Gasteiger partial charge < -0.3 is 15.5 Å². The lowest BCUT2D eigenvalue weighted by molar-refractivity contribution is -0.113. The monoisotopic (exact) mass is 261 g/mol. The number of benzene rings is 1. The van der Waals surface area contributed by atoms with Gasteiger partial charge in [0, 0.05) is 10.8 Å². The normalized spacial score (nSPS) is 10.1. The van der Waals surface area contributed by atoms with Gasteiger partial charge in [-0.1, -0.05) is 11.6 Å². The molecule has 3 N–H and O–H groups in total. The van der Waals surface area contributed by atoms with Crippen LogP contribution in [0.1, 0.15) is 0 Å². The van der Waals surface area contributed by atoms with Gasteiger partial charge in [-0.3, -0.25) is 4.79 Å². The summed E-state index contributed by atoms with van der Waals surface area (Å²) in [7, 11) is 0. The third-order valence-electron chi connectivity index (χ3n) is 1.70. The van der Waals surface area contributed by atoms with Crippen LogP contribution in [0.3, 0.4) is 0 Å². The maximum atomic E-state index is 11.4. The van der Waals surface area contributed by atoms with Crippen molar-refractivity contribution in [3.8, 4) is 5.75 Å². The molecular weight excluding hydrogens is 250 g/mol. The van der Waals surface area contributed by atoms with Crippen molar-refractivity contribution in [1.82, 2.24) is 0 Å². The Kier molecular flexibility index (Phi) is 5.45. The summed E-state index contributed by atoms with van der Waals surface area (Å²) in [6.45, 7) is 0.0420. The summed E-state index contributed by atoms with van der Waals surface area (Å²) >= 11 is 7.04. The SMILES string of the molecule is O=C(CSCCO)Nc1cc(Cl)ccc1O. The number of rotatable bonds is 5. The Hall–Kier alpha value is -0.910. The highest BCUT2D eigenvalue weighted by atomic mass is 35.5. The number of aliphatic hydroxyl groups is 1. The van der Waals surface area contributed by atoms with Gasteiger partial charge in [-0.2, -0.15) is 0 Å². The zero-order valence-electron chi connectivity index (χ0n) is 8.44. The molecule has 1 amide bonds. The van der Waals surface area contributed by atoms with E-state index in [9.17, 15) is 9.90 Å². The van der Waals surface area contributed by atoms with E-state index in [1.807, 2.05) is 0 Å². The lowest BCUT2D eigenvalue weighted by atomic mass is 10.3. The first-order chi connectivity index (χ1) is 7.63. The smallest absolute Gasteiger partial charge is 0.234 e. The van der Waals surface area contributed by atoms with Gasteiger partial charge in [0.25, 0.3) is 0 Å². The molecular formula is C10H12ClNO3S. The van der Waals surface area contributed by atoms with Crippen molar-refractivity contribution in [2.24, 2.45) is 0 Å². The summed E-state index contributed by atoms with van der Waals surface area (Å²) in [5.41, 5.74) is 0.294. The quantitative estimate of drug-likeness (QED) is 0.558. The van der Waals surface area contributed by atoms with Crippen molar-refractivity contribution in [2.45, 2.75) is 0 Å². The Bertz CT molecular complexity index is 373. The summed E-state index contributed by atoms with van der Waals surface area (Å²) < 4.78 is 0. The standard InChI is InChI=1S/C10H12ClNO3S/c11-7-1-2-9(14)8(5-7)12-10(15)6-16-4-3-13/h1-2,5,13-14H,3-4,6H2,(H,12,15). The van der Waals surface area contributed by atoms with E-state index < -0.39 is 0 Å². The van der Waals surface area contributed by atoms with Crippen LogP contribution in [-0.2, 0) is 4.79 Å².